The van der Waals surface area contributed by atoms with Gasteiger partial charge in [-0.05, 0) is 60.6 Å². The summed E-state index contributed by atoms with van der Waals surface area (Å²) in [5, 5.41) is 2.84. The molecule has 3 amide bonds. The van der Waals surface area contributed by atoms with Crippen molar-refractivity contribution in [2.45, 2.75) is 37.3 Å². The summed E-state index contributed by atoms with van der Waals surface area (Å²) in [6.45, 7) is 1.53. The number of anilines is 1. The van der Waals surface area contributed by atoms with Crippen molar-refractivity contribution in [2.75, 3.05) is 31.2 Å². The van der Waals surface area contributed by atoms with E-state index in [-0.39, 0.29) is 48.5 Å². The number of para-hydroxylation sites is 1. The Bertz CT molecular complexity index is 1370. The number of halogens is 1. The van der Waals surface area contributed by atoms with Crippen molar-refractivity contribution in [2.24, 2.45) is 5.92 Å². The molecule has 8 heteroatoms. The van der Waals surface area contributed by atoms with Crippen LogP contribution in [0.15, 0.2) is 84.9 Å². The molecule has 3 aliphatic rings. The van der Waals surface area contributed by atoms with Gasteiger partial charge in [0.1, 0.15) is 17.9 Å². The molecular formula is C32H33FN4O3. The number of benzene rings is 3. The third-order valence-electron chi connectivity index (χ3n) is 8.56. The maximum Gasteiger partial charge on any atom is 0.250 e. The summed E-state index contributed by atoms with van der Waals surface area (Å²) in [7, 11) is 0. The summed E-state index contributed by atoms with van der Waals surface area (Å²) >= 11 is 0. The summed E-state index contributed by atoms with van der Waals surface area (Å²) in [5.74, 6) is -0.197. The molecule has 3 fully saturated rings. The van der Waals surface area contributed by atoms with Crippen molar-refractivity contribution in [1.29, 1.82) is 0 Å². The van der Waals surface area contributed by atoms with Gasteiger partial charge in [-0.25, -0.2) is 4.39 Å². The van der Waals surface area contributed by atoms with Crippen LogP contribution in [0.2, 0.25) is 0 Å². The van der Waals surface area contributed by atoms with Gasteiger partial charge >= 0.3 is 0 Å². The van der Waals surface area contributed by atoms with E-state index in [0.717, 1.165) is 17.7 Å². The maximum atomic E-state index is 13.9. The zero-order valence-electron chi connectivity index (χ0n) is 22.3. The van der Waals surface area contributed by atoms with Crippen LogP contribution in [-0.4, -0.2) is 59.4 Å². The maximum absolute atomic E-state index is 13.9. The number of rotatable bonds is 7. The van der Waals surface area contributed by atoms with Crippen LogP contribution < -0.4 is 10.2 Å². The number of amides is 3. The van der Waals surface area contributed by atoms with E-state index >= 15 is 0 Å². The van der Waals surface area contributed by atoms with Gasteiger partial charge in [-0.1, -0.05) is 60.7 Å². The highest BCUT2D eigenvalue weighted by Crippen LogP contribution is 2.49. The van der Waals surface area contributed by atoms with Crippen LogP contribution in [0.5, 0.6) is 0 Å². The minimum atomic E-state index is -0.794. The molecule has 2 aliphatic heterocycles. The van der Waals surface area contributed by atoms with Gasteiger partial charge in [0, 0.05) is 31.2 Å². The monoisotopic (exact) mass is 540 g/mol. The fraction of sp³-hybridized carbons (Fsp3) is 0.344. The summed E-state index contributed by atoms with van der Waals surface area (Å²) in [5.41, 5.74) is 2.13. The van der Waals surface area contributed by atoms with E-state index in [2.05, 4.69) is 22.3 Å². The van der Waals surface area contributed by atoms with E-state index in [1.54, 1.807) is 17.0 Å². The predicted octanol–water partition coefficient (Wildman–Crippen LogP) is 3.91. The molecule has 2 unspecified atom stereocenters. The Morgan fingerprint density at radius 1 is 0.900 bits per heavy atom. The molecule has 7 nitrogen and oxygen atoms in total. The minimum absolute atomic E-state index is 0.0160. The average molecular weight is 541 g/mol. The van der Waals surface area contributed by atoms with Crippen molar-refractivity contribution < 1.29 is 18.8 Å². The van der Waals surface area contributed by atoms with E-state index < -0.39 is 5.54 Å². The molecule has 0 radical (unpaired) electrons. The van der Waals surface area contributed by atoms with Gasteiger partial charge in [-0.2, -0.15) is 0 Å². The second kappa shape index (κ2) is 10.8. The minimum Gasteiger partial charge on any atom is -0.350 e. The Labute approximate surface area is 233 Å². The molecule has 0 aromatic heterocycles. The Kier molecular flexibility index (Phi) is 7.00. The number of hydrogen-bond acceptors (Lipinski definition) is 4. The van der Waals surface area contributed by atoms with Crippen molar-refractivity contribution in [3.05, 3.63) is 102 Å². The van der Waals surface area contributed by atoms with Gasteiger partial charge < -0.3 is 20.0 Å². The molecule has 3 aromatic rings. The van der Waals surface area contributed by atoms with E-state index in [9.17, 15) is 18.8 Å². The van der Waals surface area contributed by atoms with Crippen LogP contribution in [-0.2, 0) is 20.9 Å². The summed E-state index contributed by atoms with van der Waals surface area (Å²) in [4.78, 5) is 45.7. The number of nitrogens with zero attached hydrogens (tertiary/aromatic N) is 3. The predicted molar refractivity (Wildman–Crippen MR) is 150 cm³/mol. The molecule has 40 heavy (non-hydrogen) atoms. The molecule has 206 valence electrons. The zero-order chi connectivity index (χ0) is 27.7. The Morgan fingerprint density at radius 2 is 1.55 bits per heavy atom. The first-order chi connectivity index (χ1) is 19.4. The Hall–Kier alpha value is -4.20. The summed E-state index contributed by atoms with van der Waals surface area (Å²) in [6, 6.07) is 26.0. The number of likely N-dealkylation sites (tertiary alicyclic amines) is 1. The average Bonchev–Trinajstić information content (AvgIpc) is 3.76. The molecule has 2 saturated heterocycles. The summed E-state index contributed by atoms with van der Waals surface area (Å²) in [6.07, 6.45) is 1.91. The second-order valence-electron chi connectivity index (χ2n) is 11.0. The van der Waals surface area contributed by atoms with Gasteiger partial charge in [0.25, 0.3) is 5.91 Å². The highest BCUT2D eigenvalue weighted by atomic mass is 19.1. The fourth-order valence-corrected chi connectivity index (χ4v) is 6.22. The standard InChI is InChI=1S/C32H33FN4O3/c33-25-13-11-23(12-14-25)20-34-29(38)21-36-22-37(26-9-5-2-6-10-26)32(31(36)40)15-17-35(18-16-32)30(39)28-19-27(28)24-7-3-1-4-8-24/h1-14,27-28H,15-22H2,(H,34,38). The van der Waals surface area contributed by atoms with Crippen molar-refractivity contribution in [3.63, 3.8) is 0 Å². The van der Waals surface area contributed by atoms with Gasteiger partial charge in [-0.15, -0.1) is 0 Å². The van der Waals surface area contributed by atoms with Crippen LogP contribution in [0, 0.1) is 11.7 Å². The van der Waals surface area contributed by atoms with Crippen LogP contribution in [0.4, 0.5) is 10.1 Å². The number of piperidine rings is 1. The number of carbonyl (C=O) groups excluding carboxylic acids is 3. The largest absolute Gasteiger partial charge is 0.350 e. The number of nitrogens with one attached hydrogen (secondary N) is 1. The lowest BCUT2D eigenvalue weighted by Crippen LogP contribution is -2.57. The van der Waals surface area contributed by atoms with E-state index in [0.29, 0.717) is 32.6 Å². The quantitative estimate of drug-likeness (QED) is 0.493. The summed E-state index contributed by atoms with van der Waals surface area (Å²) < 4.78 is 13.2. The molecule has 1 saturated carbocycles. The SMILES string of the molecule is O=C(CN1CN(c2ccccc2)C2(CCN(C(=O)C3CC3c3ccccc3)CC2)C1=O)NCc1ccc(F)cc1. The lowest BCUT2D eigenvalue weighted by Gasteiger charge is -2.43. The molecule has 1 spiro atoms. The van der Waals surface area contributed by atoms with Gasteiger partial charge in [-0.3, -0.25) is 14.4 Å². The lowest BCUT2D eigenvalue weighted by molar-refractivity contribution is -0.140. The topological polar surface area (TPSA) is 73.0 Å². The van der Waals surface area contributed by atoms with Crippen molar-refractivity contribution in [1.82, 2.24) is 15.1 Å². The van der Waals surface area contributed by atoms with Gasteiger partial charge in [0.05, 0.1) is 6.67 Å². The van der Waals surface area contributed by atoms with E-state index in [1.165, 1.54) is 17.7 Å². The van der Waals surface area contributed by atoms with Crippen LogP contribution in [0.3, 0.4) is 0 Å². The third kappa shape index (κ3) is 5.06. The van der Waals surface area contributed by atoms with Gasteiger partial charge in [0.15, 0.2) is 0 Å². The Morgan fingerprint density at radius 3 is 2.23 bits per heavy atom. The number of hydrogen-bond donors (Lipinski definition) is 1. The first-order valence-corrected chi connectivity index (χ1v) is 13.9. The molecule has 0 bridgehead atoms. The van der Waals surface area contributed by atoms with Gasteiger partial charge in [0.2, 0.25) is 11.8 Å². The molecule has 1 aliphatic carbocycles. The molecule has 1 N–H and O–H groups in total. The van der Waals surface area contributed by atoms with Crippen LogP contribution >= 0.6 is 0 Å². The zero-order valence-corrected chi connectivity index (χ0v) is 22.3. The second-order valence-corrected chi connectivity index (χ2v) is 11.0. The first kappa shape index (κ1) is 26.0. The lowest BCUT2D eigenvalue weighted by atomic mass is 9.85. The number of carbonyl (C=O) groups is 3. The molecule has 6 rings (SSSR count). The first-order valence-electron chi connectivity index (χ1n) is 13.9. The highest BCUT2D eigenvalue weighted by Gasteiger charge is 2.55. The van der Waals surface area contributed by atoms with E-state index in [1.807, 2.05) is 53.4 Å². The molecular weight excluding hydrogens is 507 g/mol. The van der Waals surface area contributed by atoms with Crippen LogP contribution in [0.1, 0.15) is 36.3 Å². The molecule has 2 atom stereocenters. The highest BCUT2D eigenvalue weighted by molar-refractivity contribution is 5.96. The third-order valence-corrected chi connectivity index (χ3v) is 8.56. The smallest absolute Gasteiger partial charge is 0.250 e. The normalized spacial score (nSPS) is 21.5. The fourth-order valence-electron chi connectivity index (χ4n) is 6.22. The molecule has 3 aromatic carbocycles. The van der Waals surface area contributed by atoms with Crippen molar-refractivity contribution in [3.8, 4) is 0 Å². The van der Waals surface area contributed by atoms with Crippen molar-refractivity contribution >= 4 is 23.4 Å². The Balaban J connectivity index is 1.12. The van der Waals surface area contributed by atoms with E-state index in [4.69, 9.17) is 0 Å². The molecule has 2 heterocycles. The van der Waals surface area contributed by atoms with Crippen LogP contribution in [0.25, 0.3) is 0 Å².